The summed E-state index contributed by atoms with van der Waals surface area (Å²) in [6.07, 6.45) is 2.96. The van der Waals surface area contributed by atoms with Gasteiger partial charge in [-0.1, -0.05) is 13.0 Å². The Morgan fingerprint density at radius 2 is 2.32 bits per heavy atom. The maximum atomic E-state index is 11.9. The number of likely N-dealkylation sites (tertiary alicyclic amines) is 1. The quantitative estimate of drug-likeness (QED) is 0.837. The Kier molecular flexibility index (Phi) is 4.73. The monoisotopic (exact) mass is 320 g/mol. The third-order valence-corrected chi connectivity index (χ3v) is 5.94. The van der Waals surface area contributed by atoms with Gasteiger partial charge >= 0.3 is 0 Å². The number of amides is 1. The van der Waals surface area contributed by atoms with Crippen molar-refractivity contribution in [2.75, 3.05) is 18.8 Å². The topological polar surface area (TPSA) is 42.4 Å². The average molecular weight is 320 g/mol. The van der Waals surface area contributed by atoms with E-state index in [1.807, 2.05) is 41.8 Å². The summed E-state index contributed by atoms with van der Waals surface area (Å²) >= 11 is 1.98. The molecule has 1 atom stereocenters. The number of hydrogen-bond donors (Lipinski definition) is 0. The van der Waals surface area contributed by atoms with Crippen LogP contribution in [0.15, 0.2) is 18.2 Å². The molecule has 2 aliphatic rings. The zero-order chi connectivity index (χ0) is 15.6. The standard InChI is InChI=1S/C17H24N2O2S/c1-3-5-16(20)19-11-17(12-19)8-15(10-22-17)21-9-14-7-4-6-13(2)18-14/h4,6-7,15H,3,5,8-12H2,1-2H3. The minimum atomic E-state index is 0.258. The minimum Gasteiger partial charge on any atom is -0.371 e. The molecule has 4 nitrogen and oxygen atoms in total. The minimum absolute atomic E-state index is 0.258. The SMILES string of the molecule is CCCC(=O)N1CC2(CC(OCc3cccc(C)n3)CS2)C1. The first kappa shape index (κ1) is 15.8. The fraction of sp³-hybridized carbons (Fsp3) is 0.647. The molecule has 0 bridgehead atoms. The van der Waals surface area contributed by atoms with Gasteiger partial charge in [-0.2, -0.15) is 0 Å². The van der Waals surface area contributed by atoms with Crippen LogP contribution in [-0.2, 0) is 16.1 Å². The Bertz CT molecular complexity index is 543. The summed E-state index contributed by atoms with van der Waals surface area (Å²) in [5, 5.41) is 0. The van der Waals surface area contributed by atoms with Crippen molar-refractivity contribution in [3.05, 3.63) is 29.6 Å². The largest absolute Gasteiger partial charge is 0.371 e. The Hall–Kier alpha value is -1.07. The van der Waals surface area contributed by atoms with Crippen LogP contribution in [0.4, 0.5) is 0 Å². The van der Waals surface area contributed by atoms with E-state index in [0.717, 1.165) is 43.1 Å². The van der Waals surface area contributed by atoms with Crippen LogP contribution in [0.25, 0.3) is 0 Å². The van der Waals surface area contributed by atoms with Crippen LogP contribution in [0.2, 0.25) is 0 Å². The first-order valence-corrected chi connectivity index (χ1v) is 9.05. The molecule has 22 heavy (non-hydrogen) atoms. The van der Waals surface area contributed by atoms with Crippen molar-refractivity contribution < 1.29 is 9.53 Å². The second kappa shape index (κ2) is 6.59. The number of nitrogens with zero attached hydrogens (tertiary/aromatic N) is 2. The third-order valence-electron chi connectivity index (χ3n) is 4.36. The zero-order valence-corrected chi connectivity index (χ0v) is 14.2. The lowest BCUT2D eigenvalue weighted by atomic mass is 9.92. The summed E-state index contributed by atoms with van der Waals surface area (Å²) in [5.74, 6) is 1.34. The zero-order valence-electron chi connectivity index (χ0n) is 13.4. The molecule has 0 aliphatic carbocycles. The number of thioether (sulfide) groups is 1. The highest BCUT2D eigenvalue weighted by Gasteiger charge is 2.50. The van der Waals surface area contributed by atoms with Crippen molar-refractivity contribution in [3.63, 3.8) is 0 Å². The van der Waals surface area contributed by atoms with Gasteiger partial charge in [-0.15, -0.1) is 11.8 Å². The lowest BCUT2D eigenvalue weighted by molar-refractivity contribution is -0.136. The van der Waals surface area contributed by atoms with Crippen molar-refractivity contribution in [1.29, 1.82) is 0 Å². The Morgan fingerprint density at radius 1 is 1.50 bits per heavy atom. The molecule has 0 aromatic carbocycles. The van der Waals surface area contributed by atoms with Gasteiger partial charge in [0, 0.05) is 31.0 Å². The van der Waals surface area contributed by atoms with Gasteiger partial charge in [0.1, 0.15) is 0 Å². The smallest absolute Gasteiger partial charge is 0.222 e. The molecule has 120 valence electrons. The number of aromatic nitrogens is 1. The van der Waals surface area contributed by atoms with Gasteiger partial charge in [-0.3, -0.25) is 9.78 Å². The Morgan fingerprint density at radius 3 is 3.05 bits per heavy atom. The lowest BCUT2D eigenvalue weighted by Gasteiger charge is -2.47. The maximum Gasteiger partial charge on any atom is 0.222 e. The van der Waals surface area contributed by atoms with Gasteiger partial charge < -0.3 is 9.64 Å². The highest BCUT2D eigenvalue weighted by molar-refractivity contribution is 8.01. The van der Waals surface area contributed by atoms with E-state index in [-0.39, 0.29) is 10.9 Å². The third kappa shape index (κ3) is 3.46. The van der Waals surface area contributed by atoms with E-state index < -0.39 is 0 Å². The second-order valence-corrected chi connectivity index (χ2v) is 7.89. The number of aryl methyl sites for hydroxylation is 1. The van der Waals surface area contributed by atoms with Gasteiger partial charge in [0.25, 0.3) is 0 Å². The van der Waals surface area contributed by atoms with Crippen molar-refractivity contribution in [2.24, 2.45) is 0 Å². The molecule has 2 saturated heterocycles. The molecule has 0 saturated carbocycles. The summed E-state index contributed by atoms with van der Waals surface area (Å²) < 4.78 is 6.29. The summed E-state index contributed by atoms with van der Waals surface area (Å²) in [6, 6.07) is 6.04. The van der Waals surface area contributed by atoms with Gasteiger partial charge in [0.15, 0.2) is 0 Å². The number of rotatable bonds is 5. The summed E-state index contributed by atoms with van der Waals surface area (Å²) in [6.45, 7) is 6.45. The van der Waals surface area contributed by atoms with Crippen molar-refractivity contribution in [1.82, 2.24) is 9.88 Å². The molecular weight excluding hydrogens is 296 g/mol. The molecule has 0 radical (unpaired) electrons. The summed E-state index contributed by atoms with van der Waals surface area (Å²) in [4.78, 5) is 18.3. The molecule has 5 heteroatoms. The van der Waals surface area contributed by atoms with E-state index in [1.54, 1.807) is 0 Å². The maximum absolute atomic E-state index is 11.9. The van der Waals surface area contributed by atoms with Crippen LogP contribution in [0.5, 0.6) is 0 Å². The van der Waals surface area contributed by atoms with Gasteiger partial charge in [-0.25, -0.2) is 0 Å². The van der Waals surface area contributed by atoms with Crippen LogP contribution in [0.3, 0.4) is 0 Å². The van der Waals surface area contributed by atoms with Gasteiger partial charge in [0.05, 0.1) is 23.2 Å². The number of pyridine rings is 1. The summed E-state index contributed by atoms with van der Waals surface area (Å²) in [7, 11) is 0. The predicted octanol–water partition coefficient (Wildman–Crippen LogP) is 2.79. The fourth-order valence-electron chi connectivity index (χ4n) is 3.21. The van der Waals surface area contributed by atoms with Crippen molar-refractivity contribution in [2.45, 2.75) is 50.6 Å². The van der Waals surface area contributed by atoms with Crippen molar-refractivity contribution >= 4 is 17.7 Å². The fourth-order valence-corrected chi connectivity index (χ4v) is 4.76. The average Bonchev–Trinajstić information content (AvgIpc) is 2.88. The molecule has 1 unspecified atom stereocenters. The number of hydrogen-bond acceptors (Lipinski definition) is 4. The van der Waals surface area contributed by atoms with E-state index in [2.05, 4.69) is 11.9 Å². The van der Waals surface area contributed by atoms with Crippen molar-refractivity contribution in [3.8, 4) is 0 Å². The van der Waals surface area contributed by atoms with Crippen LogP contribution >= 0.6 is 11.8 Å². The first-order chi connectivity index (χ1) is 10.6. The van der Waals surface area contributed by atoms with E-state index >= 15 is 0 Å². The number of carbonyl (C=O) groups is 1. The highest BCUT2D eigenvalue weighted by Crippen LogP contribution is 2.46. The number of carbonyl (C=O) groups excluding carboxylic acids is 1. The number of ether oxygens (including phenoxy) is 1. The van der Waals surface area contributed by atoms with Gasteiger partial charge in [0.2, 0.25) is 5.91 Å². The molecule has 1 amide bonds. The lowest BCUT2D eigenvalue weighted by Crippen LogP contribution is -2.60. The molecule has 1 spiro atoms. The molecule has 2 aliphatic heterocycles. The molecule has 1 aromatic heterocycles. The van der Waals surface area contributed by atoms with Crippen LogP contribution < -0.4 is 0 Å². The van der Waals surface area contributed by atoms with Gasteiger partial charge in [-0.05, 0) is 31.9 Å². The van der Waals surface area contributed by atoms with Crippen LogP contribution in [-0.4, -0.2) is 45.5 Å². The van der Waals surface area contributed by atoms with E-state index in [9.17, 15) is 4.79 Å². The van der Waals surface area contributed by atoms with Crippen LogP contribution in [0.1, 0.15) is 37.6 Å². The molecule has 3 heterocycles. The molecule has 2 fully saturated rings. The van der Waals surface area contributed by atoms with Crippen LogP contribution in [0, 0.1) is 6.92 Å². The Labute approximate surface area is 136 Å². The van der Waals surface area contributed by atoms with E-state index in [4.69, 9.17) is 4.74 Å². The molecule has 0 N–H and O–H groups in total. The molecule has 3 rings (SSSR count). The highest BCUT2D eigenvalue weighted by atomic mass is 32.2. The normalized spacial score (nSPS) is 22.8. The van der Waals surface area contributed by atoms with E-state index in [0.29, 0.717) is 18.9 Å². The Balaban J connectivity index is 1.45. The molecular formula is C17H24N2O2S. The van der Waals surface area contributed by atoms with E-state index in [1.165, 1.54) is 0 Å². The predicted molar refractivity (Wildman–Crippen MR) is 88.8 cm³/mol. The summed E-state index contributed by atoms with van der Waals surface area (Å²) in [5.41, 5.74) is 2.03. The molecule has 1 aromatic rings. The second-order valence-electron chi connectivity index (χ2n) is 6.40. The first-order valence-electron chi connectivity index (χ1n) is 8.06.